The average molecular weight is 286 g/mol. The van der Waals surface area contributed by atoms with Crippen LogP contribution in [0.5, 0.6) is 0 Å². The van der Waals surface area contributed by atoms with Crippen molar-refractivity contribution >= 4 is 11.6 Å². The van der Waals surface area contributed by atoms with Gasteiger partial charge >= 0.3 is 0 Å². The van der Waals surface area contributed by atoms with E-state index in [2.05, 4.69) is 5.32 Å². The molecule has 0 aliphatic rings. The highest BCUT2D eigenvalue weighted by Crippen LogP contribution is 2.22. The number of carbonyl (C=O) groups excluding carboxylic acids is 1. The SMILES string of the molecule is CCNc1c(F)cc(C(=O)N(CCO)C(C)C)cc1F. The lowest BCUT2D eigenvalue weighted by molar-refractivity contribution is 0.0664. The van der Waals surface area contributed by atoms with E-state index in [1.807, 2.05) is 0 Å². The molecule has 2 N–H and O–H groups in total. The highest BCUT2D eigenvalue weighted by molar-refractivity contribution is 5.94. The van der Waals surface area contributed by atoms with Crippen molar-refractivity contribution in [1.29, 1.82) is 0 Å². The van der Waals surface area contributed by atoms with Crippen LogP contribution in [0.4, 0.5) is 14.5 Å². The van der Waals surface area contributed by atoms with Gasteiger partial charge in [0.15, 0.2) is 0 Å². The van der Waals surface area contributed by atoms with Crippen LogP contribution in [-0.2, 0) is 0 Å². The van der Waals surface area contributed by atoms with Crippen molar-refractivity contribution in [2.75, 3.05) is 25.0 Å². The molecule has 1 aromatic rings. The van der Waals surface area contributed by atoms with Gasteiger partial charge in [-0.05, 0) is 32.9 Å². The molecule has 1 rings (SSSR count). The number of carbonyl (C=O) groups is 1. The number of nitrogens with one attached hydrogen (secondary N) is 1. The minimum Gasteiger partial charge on any atom is -0.395 e. The van der Waals surface area contributed by atoms with Crippen molar-refractivity contribution in [1.82, 2.24) is 4.90 Å². The van der Waals surface area contributed by atoms with Gasteiger partial charge in [-0.25, -0.2) is 8.78 Å². The lowest BCUT2D eigenvalue weighted by atomic mass is 10.1. The predicted octanol–water partition coefficient (Wildman–Crippen LogP) is 2.24. The molecule has 0 aliphatic heterocycles. The summed E-state index contributed by atoms with van der Waals surface area (Å²) in [5, 5.41) is 11.5. The first kappa shape index (κ1) is 16.4. The van der Waals surface area contributed by atoms with Crippen molar-refractivity contribution < 1.29 is 18.7 Å². The molecular formula is C14H20F2N2O2. The summed E-state index contributed by atoms with van der Waals surface area (Å²) in [6, 6.07) is 1.85. The van der Waals surface area contributed by atoms with Crippen LogP contribution < -0.4 is 5.32 Å². The third kappa shape index (κ3) is 3.66. The largest absolute Gasteiger partial charge is 0.395 e. The number of halogens is 2. The number of anilines is 1. The quantitative estimate of drug-likeness (QED) is 0.843. The van der Waals surface area contributed by atoms with Crippen LogP contribution >= 0.6 is 0 Å². The third-order valence-corrected chi connectivity index (χ3v) is 2.87. The first-order valence-electron chi connectivity index (χ1n) is 6.57. The van der Waals surface area contributed by atoms with Crippen molar-refractivity contribution in [3.05, 3.63) is 29.3 Å². The van der Waals surface area contributed by atoms with Crippen LogP contribution in [-0.4, -0.2) is 41.7 Å². The zero-order chi connectivity index (χ0) is 15.3. The summed E-state index contributed by atoms with van der Waals surface area (Å²) < 4.78 is 27.6. The van der Waals surface area contributed by atoms with E-state index in [1.165, 1.54) is 4.90 Å². The van der Waals surface area contributed by atoms with Gasteiger partial charge < -0.3 is 15.3 Å². The topological polar surface area (TPSA) is 52.6 Å². The number of benzene rings is 1. The Morgan fingerprint density at radius 3 is 2.30 bits per heavy atom. The Morgan fingerprint density at radius 1 is 1.35 bits per heavy atom. The fraction of sp³-hybridized carbons (Fsp3) is 0.500. The van der Waals surface area contributed by atoms with Gasteiger partial charge in [0, 0.05) is 24.7 Å². The average Bonchev–Trinajstić information content (AvgIpc) is 2.38. The molecule has 0 aromatic heterocycles. The van der Waals surface area contributed by atoms with Crippen LogP contribution in [0.1, 0.15) is 31.1 Å². The molecule has 0 spiro atoms. The molecule has 0 unspecified atom stereocenters. The first-order valence-corrected chi connectivity index (χ1v) is 6.57. The van der Waals surface area contributed by atoms with Gasteiger partial charge in [0.05, 0.1) is 6.61 Å². The van der Waals surface area contributed by atoms with E-state index < -0.39 is 17.5 Å². The van der Waals surface area contributed by atoms with Crippen molar-refractivity contribution in [2.45, 2.75) is 26.8 Å². The minimum atomic E-state index is -0.803. The van der Waals surface area contributed by atoms with E-state index in [1.54, 1.807) is 20.8 Å². The molecule has 0 atom stereocenters. The second-order valence-corrected chi connectivity index (χ2v) is 4.66. The summed E-state index contributed by atoms with van der Waals surface area (Å²) in [6.45, 7) is 5.56. The predicted molar refractivity (Wildman–Crippen MR) is 73.8 cm³/mol. The lowest BCUT2D eigenvalue weighted by Gasteiger charge is -2.26. The zero-order valence-corrected chi connectivity index (χ0v) is 11.9. The van der Waals surface area contributed by atoms with Crippen LogP contribution in [0.3, 0.4) is 0 Å². The van der Waals surface area contributed by atoms with Crippen LogP contribution in [0, 0.1) is 11.6 Å². The van der Waals surface area contributed by atoms with Crippen LogP contribution in [0.25, 0.3) is 0 Å². The monoisotopic (exact) mass is 286 g/mol. The van der Waals surface area contributed by atoms with Gasteiger partial charge in [-0.2, -0.15) is 0 Å². The maximum atomic E-state index is 13.8. The van der Waals surface area contributed by atoms with Gasteiger partial charge in [0.2, 0.25) is 0 Å². The fourth-order valence-corrected chi connectivity index (χ4v) is 1.91. The van der Waals surface area contributed by atoms with E-state index in [0.29, 0.717) is 6.54 Å². The Balaban J connectivity index is 3.10. The van der Waals surface area contributed by atoms with E-state index >= 15 is 0 Å². The minimum absolute atomic E-state index is 0.0659. The summed E-state index contributed by atoms with van der Waals surface area (Å²) in [5.74, 6) is -2.11. The second-order valence-electron chi connectivity index (χ2n) is 4.66. The number of amides is 1. The van der Waals surface area contributed by atoms with E-state index in [4.69, 9.17) is 5.11 Å². The highest BCUT2D eigenvalue weighted by Gasteiger charge is 2.21. The molecule has 1 aromatic carbocycles. The van der Waals surface area contributed by atoms with E-state index in [0.717, 1.165) is 12.1 Å². The van der Waals surface area contributed by atoms with Crippen LogP contribution in [0.2, 0.25) is 0 Å². The molecule has 0 saturated heterocycles. The smallest absolute Gasteiger partial charge is 0.254 e. The van der Waals surface area contributed by atoms with Gasteiger partial charge in [-0.15, -0.1) is 0 Å². The molecule has 0 heterocycles. The summed E-state index contributed by atoms with van der Waals surface area (Å²) in [5.41, 5.74) is -0.300. The van der Waals surface area contributed by atoms with E-state index in [9.17, 15) is 13.6 Å². The molecule has 0 aliphatic carbocycles. The highest BCUT2D eigenvalue weighted by atomic mass is 19.1. The Hall–Kier alpha value is -1.69. The summed E-state index contributed by atoms with van der Waals surface area (Å²) in [4.78, 5) is 13.6. The molecule has 0 radical (unpaired) electrons. The molecule has 0 fully saturated rings. The Kier molecular flexibility index (Phi) is 5.88. The second kappa shape index (κ2) is 7.19. The normalized spacial score (nSPS) is 10.8. The number of aliphatic hydroxyl groups excluding tert-OH is 1. The van der Waals surface area contributed by atoms with Gasteiger partial charge in [0.25, 0.3) is 5.91 Å². The van der Waals surface area contributed by atoms with Gasteiger partial charge in [-0.3, -0.25) is 4.79 Å². The molecule has 0 saturated carbocycles. The Morgan fingerprint density at radius 2 is 1.90 bits per heavy atom. The Bertz CT molecular complexity index is 455. The standard InChI is InChI=1S/C14H20F2N2O2/c1-4-17-13-11(15)7-10(8-12(13)16)14(20)18(5-6-19)9(2)3/h7-9,17,19H,4-6H2,1-3H3. The number of nitrogens with zero attached hydrogens (tertiary/aromatic N) is 1. The molecule has 20 heavy (non-hydrogen) atoms. The van der Waals surface area contributed by atoms with Crippen molar-refractivity contribution in [3.63, 3.8) is 0 Å². The maximum Gasteiger partial charge on any atom is 0.254 e. The number of aliphatic hydroxyl groups is 1. The molecular weight excluding hydrogens is 266 g/mol. The van der Waals surface area contributed by atoms with E-state index in [-0.39, 0.29) is 30.4 Å². The first-order chi connectivity index (χ1) is 9.42. The molecule has 0 bridgehead atoms. The number of rotatable bonds is 6. The lowest BCUT2D eigenvalue weighted by Crippen LogP contribution is -2.39. The van der Waals surface area contributed by atoms with Gasteiger partial charge in [0.1, 0.15) is 17.3 Å². The number of hydrogen-bond acceptors (Lipinski definition) is 3. The van der Waals surface area contributed by atoms with Crippen molar-refractivity contribution in [3.8, 4) is 0 Å². The summed E-state index contributed by atoms with van der Waals surface area (Å²) in [6.07, 6.45) is 0. The summed E-state index contributed by atoms with van der Waals surface area (Å²) in [7, 11) is 0. The molecule has 6 heteroatoms. The summed E-state index contributed by atoms with van der Waals surface area (Å²) >= 11 is 0. The van der Waals surface area contributed by atoms with Crippen molar-refractivity contribution in [2.24, 2.45) is 0 Å². The number of hydrogen-bond donors (Lipinski definition) is 2. The fourth-order valence-electron chi connectivity index (χ4n) is 1.91. The molecule has 112 valence electrons. The van der Waals surface area contributed by atoms with Crippen LogP contribution in [0.15, 0.2) is 12.1 Å². The zero-order valence-electron chi connectivity index (χ0n) is 11.9. The van der Waals surface area contributed by atoms with Gasteiger partial charge in [-0.1, -0.05) is 0 Å². The third-order valence-electron chi connectivity index (χ3n) is 2.87. The molecule has 4 nitrogen and oxygen atoms in total. The molecule has 1 amide bonds. The maximum absolute atomic E-state index is 13.8. The Labute approximate surface area is 117 Å².